The topological polar surface area (TPSA) is 16.1 Å². The van der Waals surface area contributed by atoms with Gasteiger partial charge in [0.2, 0.25) is 0 Å². The van der Waals surface area contributed by atoms with Gasteiger partial charge in [-0.2, -0.15) is 0 Å². The van der Waals surface area contributed by atoms with Crippen molar-refractivity contribution in [2.75, 3.05) is 11.4 Å². The first kappa shape index (κ1) is 20.2. The number of hydrogen-bond acceptors (Lipinski definition) is 3. The van der Waals surface area contributed by atoms with Crippen molar-refractivity contribution >= 4 is 27.2 Å². The number of rotatable bonds is 4. The lowest BCUT2D eigenvalue weighted by Crippen LogP contribution is -2.41. The van der Waals surface area contributed by atoms with Gasteiger partial charge in [-0.1, -0.05) is 91.0 Å². The van der Waals surface area contributed by atoms with Crippen LogP contribution in [-0.4, -0.2) is 11.5 Å². The lowest BCUT2D eigenvalue weighted by Gasteiger charge is -2.47. The van der Waals surface area contributed by atoms with E-state index in [0.29, 0.717) is 11.8 Å². The highest BCUT2D eigenvalue weighted by atomic mass is 32.1. The molecule has 0 saturated carbocycles. The maximum Gasteiger partial charge on any atom is 0.0832 e. The summed E-state index contributed by atoms with van der Waals surface area (Å²) in [5.74, 6) is 0.800. The molecule has 0 N–H and O–H groups in total. The van der Waals surface area contributed by atoms with Crippen molar-refractivity contribution in [3.05, 3.63) is 131 Å². The Morgan fingerprint density at radius 1 is 0.697 bits per heavy atom. The molecule has 0 aliphatic carbocycles. The van der Waals surface area contributed by atoms with Crippen LogP contribution in [-0.2, 0) is 0 Å². The molecular formula is C30H26N2S. The van der Waals surface area contributed by atoms with Crippen molar-refractivity contribution in [3.63, 3.8) is 0 Å². The van der Waals surface area contributed by atoms with Gasteiger partial charge in [-0.25, -0.2) is 4.98 Å². The molecular weight excluding hydrogens is 420 g/mol. The molecule has 2 heterocycles. The first-order valence-electron chi connectivity index (χ1n) is 11.6. The highest BCUT2D eigenvalue weighted by Crippen LogP contribution is 2.51. The summed E-state index contributed by atoms with van der Waals surface area (Å²) in [7, 11) is 0. The van der Waals surface area contributed by atoms with Gasteiger partial charge in [0.05, 0.1) is 21.8 Å². The maximum absolute atomic E-state index is 4.60. The number of aromatic nitrogens is 1. The standard InChI is InChI=1S/C30H26N2S/c1-4-10-22(11-5-1)26-18-19-32(25-16-17-28-27(20-25)31-21-33-28)30(24-14-8-3-9-15-24)29(26)23-12-6-2-7-13-23/h1-17,20-21,26,29-30H,18-19H2. The molecule has 6 rings (SSSR count). The van der Waals surface area contributed by atoms with Crippen LogP contribution in [0.4, 0.5) is 5.69 Å². The first-order chi connectivity index (χ1) is 16.4. The van der Waals surface area contributed by atoms with Crippen LogP contribution in [0.1, 0.15) is 41.0 Å². The molecule has 4 aromatic carbocycles. The van der Waals surface area contributed by atoms with E-state index in [9.17, 15) is 0 Å². The molecule has 0 spiro atoms. The minimum absolute atomic E-state index is 0.239. The number of nitrogens with zero attached hydrogens (tertiary/aromatic N) is 2. The van der Waals surface area contributed by atoms with E-state index in [1.54, 1.807) is 11.3 Å². The molecule has 5 aromatic rings. The smallest absolute Gasteiger partial charge is 0.0832 e. The van der Waals surface area contributed by atoms with Crippen LogP contribution < -0.4 is 4.90 Å². The molecule has 1 saturated heterocycles. The van der Waals surface area contributed by atoms with Gasteiger partial charge >= 0.3 is 0 Å². The van der Waals surface area contributed by atoms with Crippen molar-refractivity contribution < 1.29 is 0 Å². The second-order valence-corrected chi connectivity index (χ2v) is 9.68. The van der Waals surface area contributed by atoms with Gasteiger partial charge in [0.1, 0.15) is 0 Å². The normalized spacial score (nSPS) is 20.7. The Morgan fingerprint density at radius 3 is 2.03 bits per heavy atom. The number of fused-ring (bicyclic) bond motifs is 1. The first-order valence-corrected chi connectivity index (χ1v) is 12.5. The van der Waals surface area contributed by atoms with E-state index in [-0.39, 0.29) is 6.04 Å². The summed E-state index contributed by atoms with van der Waals surface area (Å²) in [6, 6.07) is 40.2. The van der Waals surface area contributed by atoms with Crippen LogP contribution in [0.2, 0.25) is 0 Å². The lowest BCUT2D eigenvalue weighted by atomic mass is 9.70. The number of hydrogen-bond donors (Lipinski definition) is 0. The molecule has 0 amide bonds. The van der Waals surface area contributed by atoms with Gasteiger partial charge in [0.15, 0.2) is 0 Å². The summed E-state index contributed by atoms with van der Waals surface area (Å²) in [4.78, 5) is 7.22. The Bertz CT molecular complexity index is 1330. The fourth-order valence-electron chi connectivity index (χ4n) is 5.53. The largest absolute Gasteiger partial charge is 0.364 e. The molecule has 1 fully saturated rings. The van der Waals surface area contributed by atoms with Crippen LogP contribution in [0.25, 0.3) is 10.2 Å². The van der Waals surface area contributed by atoms with Crippen LogP contribution in [0.15, 0.2) is 115 Å². The van der Waals surface area contributed by atoms with Gasteiger partial charge in [-0.3, -0.25) is 0 Å². The van der Waals surface area contributed by atoms with E-state index in [1.807, 2.05) is 5.51 Å². The molecule has 0 radical (unpaired) electrons. The van der Waals surface area contributed by atoms with Crippen molar-refractivity contribution in [3.8, 4) is 0 Å². The van der Waals surface area contributed by atoms with Crippen molar-refractivity contribution in [1.82, 2.24) is 4.98 Å². The maximum atomic E-state index is 4.60. The lowest BCUT2D eigenvalue weighted by molar-refractivity contribution is 0.361. The Hall–Kier alpha value is -3.43. The van der Waals surface area contributed by atoms with Crippen molar-refractivity contribution in [2.45, 2.75) is 24.3 Å². The summed E-state index contributed by atoms with van der Waals surface area (Å²) >= 11 is 1.71. The molecule has 3 unspecified atom stereocenters. The SMILES string of the molecule is c1ccc(C2CCN(c3ccc4scnc4c3)C(c3ccccc3)C2c2ccccc2)cc1. The highest BCUT2D eigenvalue weighted by molar-refractivity contribution is 7.16. The molecule has 1 aromatic heterocycles. The zero-order valence-corrected chi connectivity index (χ0v) is 19.2. The quantitative estimate of drug-likeness (QED) is 0.280. The molecule has 162 valence electrons. The minimum atomic E-state index is 0.239. The fourth-order valence-corrected chi connectivity index (χ4v) is 6.19. The second-order valence-electron chi connectivity index (χ2n) is 8.80. The third kappa shape index (κ3) is 3.83. The van der Waals surface area contributed by atoms with E-state index in [1.165, 1.54) is 27.1 Å². The summed E-state index contributed by atoms with van der Waals surface area (Å²) < 4.78 is 1.24. The highest BCUT2D eigenvalue weighted by Gasteiger charge is 2.40. The number of piperidine rings is 1. The van der Waals surface area contributed by atoms with Gasteiger partial charge in [-0.05, 0) is 47.2 Å². The Labute approximate surface area is 199 Å². The second kappa shape index (κ2) is 8.84. The third-order valence-electron chi connectivity index (χ3n) is 6.99. The molecule has 3 heteroatoms. The van der Waals surface area contributed by atoms with E-state index in [2.05, 4.69) is 119 Å². The number of thiazole rings is 1. The molecule has 33 heavy (non-hydrogen) atoms. The van der Waals surface area contributed by atoms with E-state index in [4.69, 9.17) is 0 Å². The zero-order valence-electron chi connectivity index (χ0n) is 18.4. The molecule has 0 bridgehead atoms. The fraction of sp³-hybridized carbons (Fsp3) is 0.167. The summed E-state index contributed by atoms with van der Waals surface area (Å²) in [6.45, 7) is 1.01. The molecule has 1 aliphatic heterocycles. The zero-order chi connectivity index (χ0) is 22.0. The Balaban J connectivity index is 1.53. The minimum Gasteiger partial charge on any atom is -0.364 e. The van der Waals surface area contributed by atoms with Crippen molar-refractivity contribution in [1.29, 1.82) is 0 Å². The predicted molar refractivity (Wildman–Crippen MR) is 139 cm³/mol. The summed E-state index contributed by atoms with van der Waals surface area (Å²) in [6.07, 6.45) is 1.11. The molecule has 2 nitrogen and oxygen atoms in total. The Morgan fingerprint density at radius 2 is 1.33 bits per heavy atom. The van der Waals surface area contributed by atoms with E-state index >= 15 is 0 Å². The molecule has 1 aliphatic rings. The van der Waals surface area contributed by atoms with Gasteiger partial charge in [-0.15, -0.1) is 11.3 Å². The predicted octanol–water partition coefficient (Wildman–Crippen LogP) is 7.82. The third-order valence-corrected chi connectivity index (χ3v) is 7.80. The van der Waals surface area contributed by atoms with E-state index in [0.717, 1.165) is 18.5 Å². The average Bonchev–Trinajstić information content (AvgIpc) is 3.37. The van der Waals surface area contributed by atoms with Crippen molar-refractivity contribution in [2.24, 2.45) is 0 Å². The summed E-state index contributed by atoms with van der Waals surface area (Å²) in [5.41, 5.74) is 8.49. The monoisotopic (exact) mass is 446 g/mol. The van der Waals surface area contributed by atoms with Gasteiger partial charge in [0, 0.05) is 18.2 Å². The van der Waals surface area contributed by atoms with Crippen LogP contribution in [0, 0.1) is 0 Å². The Kier molecular flexibility index (Phi) is 5.41. The van der Waals surface area contributed by atoms with Gasteiger partial charge in [0.25, 0.3) is 0 Å². The average molecular weight is 447 g/mol. The number of benzene rings is 4. The summed E-state index contributed by atoms with van der Waals surface area (Å²) in [5, 5.41) is 0. The van der Waals surface area contributed by atoms with Gasteiger partial charge < -0.3 is 4.90 Å². The number of anilines is 1. The van der Waals surface area contributed by atoms with E-state index < -0.39 is 0 Å². The van der Waals surface area contributed by atoms with Crippen LogP contribution >= 0.6 is 11.3 Å². The molecule has 3 atom stereocenters. The van der Waals surface area contributed by atoms with Crippen LogP contribution in [0.5, 0.6) is 0 Å². The van der Waals surface area contributed by atoms with Crippen LogP contribution in [0.3, 0.4) is 0 Å².